The van der Waals surface area contributed by atoms with Crippen molar-refractivity contribution in [2.75, 3.05) is 25.2 Å². The van der Waals surface area contributed by atoms with Crippen molar-refractivity contribution in [3.05, 3.63) is 69.7 Å². The van der Waals surface area contributed by atoms with Gasteiger partial charge in [-0.1, -0.05) is 41.4 Å². The van der Waals surface area contributed by atoms with Crippen LogP contribution in [0.5, 0.6) is 0 Å². The summed E-state index contributed by atoms with van der Waals surface area (Å²) in [6, 6.07) is 14.1. The summed E-state index contributed by atoms with van der Waals surface area (Å²) in [5, 5.41) is 0.406. The van der Waals surface area contributed by atoms with Crippen LogP contribution in [0.3, 0.4) is 0 Å². The summed E-state index contributed by atoms with van der Waals surface area (Å²) in [4.78, 5) is 20.1. The summed E-state index contributed by atoms with van der Waals surface area (Å²) in [5.41, 5.74) is 4.41. The highest BCUT2D eigenvalue weighted by atomic mass is 35.5. The van der Waals surface area contributed by atoms with E-state index in [1.165, 1.54) is 0 Å². The molecule has 3 heterocycles. The van der Waals surface area contributed by atoms with Crippen molar-refractivity contribution >= 4 is 17.4 Å². The monoisotopic (exact) mass is 423 g/mol. The van der Waals surface area contributed by atoms with Crippen molar-refractivity contribution in [2.45, 2.75) is 25.8 Å². The maximum absolute atomic E-state index is 13.7. The van der Waals surface area contributed by atoms with Gasteiger partial charge in [0.1, 0.15) is 11.0 Å². The van der Waals surface area contributed by atoms with Gasteiger partial charge in [0.15, 0.2) is 0 Å². The Kier molecular flexibility index (Phi) is 5.93. The second-order valence-electron chi connectivity index (χ2n) is 7.84. The Morgan fingerprint density at radius 3 is 2.77 bits per heavy atom. The fourth-order valence-electron chi connectivity index (χ4n) is 4.34. The van der Waals surface area contributed by atoms with Crippen LogP contribution in [0.25, 0.3) is 22.3 Å². The van der Waals surface area contributed by atoms with Gasteiger partial charge in [-0.05, 0) is 54.7 Å². The minimum absolute atomic E-state index is 0.0240. The first-order valence-electron chi connectivity index (χ1n) is 10.2. The molecule has 2 aromatic heterocycles. The molecule has 1 atom stereocenters. The highest BCUT2D eigenvalue weighted by molar-refractivity contribution is 6.29. The minimum atomic E-state index is -0.0240. The second-order valence-corrected chi connectivity index (χ2v) is 8.22. The Balaban J connectivity index is 1.97. The third-order valence-corrected chi connectivity index (χ3v) is 5.99. The normalized spacial score (nSPS) is 16.3. The molecular weight excluding hydrogens is 398 g/mol. The smallest absolute Gasteiger partial charge is 0.260 e. The topological polar surface area (TPSA) is 47.4 Å². The number of benzene rings is 1. The number of nitrogens with zero attached hydrogens (tertiary/aromatic N) is 3. The zero-order chi connectivity index (χ0) is 21.3. The highest BCUT2D eigenvalue weighted by Gasteiger charge is 2.28. The van der Waals surface area contributed by atoms with Gasteiger partial charge in [0.05, 0.1) is 18.2 Å². The Labute approximate surface area is 181 Å². The van der Waals surface area contributed by atoms with Crippen LogP contribution >= 0.6 is 11.6 Å². The number of halogens is 1. The summed E-state index contributed by atoms with van der Waals surface area (Å²) in [6.45, 7) is 3.58. The molecule has 0 spiro atoms. The second kappa shape index (κ2) is 8.62. The highest BCUT2D eigenvalue weighted by Crippen LogP contribution is 2.35. The number of aromatic nitrogens is 2. The van der Waals surface area contributed by atoms with E-state index in [-0.39, 0.29) is 11.6 Å². The Bertz CT molecular complexity index is 1130. The molecule has 0 unspecified atom stereocenters. The first-order chi connectivity index (χ1) is 14.5. The number of ether oxygens (including phenoxy) is 1. The van der Waals surface area contributed by atoms with Crippen LogP contribution in [0.2, 0.25) is 5.15 Å². The zero-order valence-corrected chi connectivity index (χ0v) is 18.3. The molecule has 1 saturated heterocycles. The summed E-state index contributed by atoms with van der Waals surface area (Å²) < 4.78 is 7.19. The summed E-state index contributed by atoms with van der Waals surface area (Å²) in [5.74, 6) is 0.902. The summed E-state index contributed by atoms with van der Waals surface area (Å²) in [6.07, 6.45) is 3.81. The zero-order valence-electron chi connectivity index (χ0n) is 17.6. The van der Waals surface area contributed by atoms with E-state index in [0.29, 0.717) is 17.3 Å². The van der Waals surface area contributed by atoms with E-state index in [2.05, 4.69) is 16.0 Å². The molecule has 0 saturated carbocycles. The molecule has 156 valence electrons. The lowest BCUT2D eigenvalue weighted by Crippen LogP contribution is -2.37. The average molecular weight is 424 g/mol. The molecule has 1 aliphatic rings. The van der Waals surface area contributed by atoms with Crippen LogP contribution in [0.1, 0.15) is 18.4 Å². The van der Waals surface area contributed by atoms with Gasteiger partial charge in [0, 0.05) is 26.9 Å². The van der Waals surface area contributed by atoms with Crippen molar-refractivity contribution in [1.82, 2.24) is 9.55 Å². The van der Waals surface area contributed by atoms with Gasteiger partial charge < -0.3 is 9.64 Å². The quantitative estimate of drug-likeness (QED) is 0.558. The Morgan fingerprint density at radius 1 is 1.20 bits per heavy atom. The van der Waals surface area contributed by atoms with E-state index in [1.54, 1.807) is 17.9 Å². The molecule has 1 fully saturated rings. The molecule has 1 aliphatic heterocycles. The van der Waals surface area contributed by atoms with Crippen molar-refractivity contribution in [3.8, 4) is 22.3 Å². The molecule has 1 aromatic carbocycles. The lowest BCUT2D eigenvalue weighted by molar-refractivity contribution is 0.180. The lowest BCUT2D eigenvalue weighted by Gasteiger charge is -2.29. The number of aryl methyl sites for hydroxylation is 1. The van der Waals surface area contributed by atoms with E-state index in [9.17, 15) is 4.79 Å². The largest absolute Gasteiger partial charge is 0.383 e. The van der Waals surface area contributed by atoms with Crippen molar-refractivity contribution in [2.24, 2.45) is 7.05 Å². The predicted octanol–water partition coefficient (Wildman–Crippen LogP) is 4.69. The van der Waals surface area contributed by atoms with Crippen LogP contribution in [0, 0.1) is 6.92 Å². The van der Waals surface area contributed by atoms with Gasteiger partial charge in [-0.2, -0.15) is 0 Å². The van der Waals surface area contributed by atoms with Gasteiger partial charge >= 0.3 is 0 Å². The summed E-state index contributed by atoms with van der Waals surface area (Å²) >= 11 is 6.20. The SMILES string of the molecule is COC[C@@H]1CCCN1c1cc(-c2ccnc(Cl)c2)c(-c2cccc(C)c2)c(=O)n1C. The number of anilines is 1. The average Bonchev–Trinajstić information content (AvgIpc) is 3.18. The molecule has 0 bridgehead atoms. The molecule has 6 heteroatoms. The lowest BCUT2D eigenvalue weighted by atomic mass is 9.95. The molecule has 0 radical (unpaired) electrons. The minimum Gasteiger partial charge on any atom is -0.383 e. The van der Waals surface area contributed by atoms with Crippen LogP contribution in [-0.2, 0) is 11.8 Å². The van der Waals surface area contributed by atoms with Crippen molar-refractivity contribution in [3.63, 3.8) is 0 Å². The van der Waals surface area contributed by atoms with E-state index >= 15 is 0 Å². The number of hydrogen-bond acceptors (Lipinski definition) is 4. The van der Waals surface area contributed by atoms with Crippen LogP contribution in [0.4, 0.5) is 5.82 Å². The molecule has 5 nitrogen and oxygen atoms in total. The number of hydrogen-bond donors (Lipinski definition) is 0. The molecule has 30 heavy (non-hydrogen) atoms. The Hall–Kier alpha value is -2.63. The van der Waals surface area contributed by atoms with Gasteiger partial charge in [0.25, 0.3) is 5.56 Å². The van der Waals surface area contributed by atoms with E-state index < -0.39 is 0 Å². The maximum Gasteiger partial charge on any atom is 0.260 e. The Morgan fingerprint density at radius 2 is 2.03 bits per heavy atom. The van der Waals surface area contributed by atoms with Crippen LogP contribution in [-0.4, -0.2) is 35.9 Å². The van der Waals surface area contributed by atoms with Crippen molar-refractivity contribution in [1.29, 1.82) is 0 Å². The third-order valence-electron chi connectivity index (χ3n) is 5.78. The van der Waals surface area contributed by atoms with Gasteiger partial charge in [-0.15, -0.1) is 0 Å². The first kappa shape index (κ1) is 20.6. The fourth-order valence-corrected chi connectivity index (χ4v) is 4.51. The van der Waals surface area contributed by atoms with E-state index in [0.717, 1.165) is 47.5 Å². The molecular formula is C24H26ClN3O2. The molecule has 0 aliphatic carbocycles. The molecule has 3 aromatic rings. The van der Waals surface area contributed by atoms with Gasteiger partial charge in [-0.25, -0.2) is 4.98 Å². The van der Waals surface area contributed by atoms with Gasteiger partial charge in [0.2, 0.25) is 0 Å². The molecule has 0 amide bonds. The summed E-state index contributed by atoms with van der Waals surface area (Å²) in [7, 11) is 3.57. The number of methoxy groups -OCH3 is 1. The molecule has 4 rings (SSSR count). The van der Waals surface area contributed by atoms with Crippen LogP contribution < -0.4 is 10.5 Å². The number of rotatable bonds is 5. The fraction of sp³-hybridized carbons (Fsp3) is 0.333. The van der Waals surface area contributed by atoms with E-state index in [1.807, 2.05) is 50.4 Å². The predicted molar refractivity (Wildman–Crippen MR) is 122 cm³/mol. The van der Waals surface area contributed by atoms with Crippen molar-refractivity contribution < 1.29 is 4.74 Å². The standard InChI is InChI=1S/C24H26ClN3O2/c1-16-6-4-7-18(12-16)23-20(17-9-10-26-21(25)13-17)14-22(27(2)24(23)29)28-11-5-8-19(28)15-30-3/h4,6-7,9-10,12-14,19H,5,8,11,15H2,1-3H3/t19-/m0/s1. The maximum atomic E-state index is 13.7. The molecule has 0 N–H and O–H groups in total. The number of pyridine rings is 2. The van der Waals surface area contributed by atoms with Crippen LogP contribution in [0.15, 0.2) is 53.5 Å². The third kappa shape index (κ3) is 3.87. The van der Waals surface area contributed by atoms with E-state index in [4.69, 9.17) is 16.3 Å². The first-order valence-corrected chi connectivity index (χ1v) is 10.6. The van der Waals surface area contributed by atoms with Gasteiger partial charge in [-0.3, -0.25) is 9.36 Å².